The highest BCUT2D eigenvalue weighted by atomic mass is 19.1. The number of aromatic nitrogens is 2. The van der Waals surface area contributed by atoms with Gasteiger partial charge in [0.05, 0.1) is 5.56 Å². The highest BCUT2D eigenvalue weighted by Crippen LogP contribution is 2.21. The first-order valence-electron chi connectivity index (χ1n) is 5.68. The van der Waals surface area contributed by atoms with E-state index in [1.807, 2.05) is 6.92 Å². The minimum Gasteiger partial charge on any atom is -0.472 e. The van der Waals surface area contributed by atoms with Gasteiger partial charge in [-0.3, -0.25) is 0 Å². The molecule has 4 nitrogen and oxygen atoms in total. The average molecular weight is 247 g/mol. The van der Waals surface area contributed by atoms with Crippen molar-refractivity contribution in [2.75, 3.05) is 5.73 Å². The highest BCUT2D eigenvalue weighted by Gasteiger charge is 2.09. The maximum Gasteiger partial charge on any atom is 0.222 e. The van der Waals surface area contributed by atoms with E-state index in [1.165, 1.54) is 12.4 Å². The number of benzene rings is 1. The SMILES string of the molecule is CCc1c(N)ncnc1OCc1ccccc1F. The number of anilines is 1. The van der Waals surface area contributed by atoms with Crippen molar-refractivity contribution in [3.05, 3.63) is 47.5 Å². The topological polar surface area (TPSA) is 61.0 Å². The lowest BCUT2D eigenvalue weighted by Gasteiger charge is -2.10. The molecule has 0 atom stereocenters. The number of nitrogen functional groups attached to an aromatic ring is 1. The van der Waals surface area contributed by atoms with Crippen LogP contribution in [0.15, 0.2) is 30.6 Å². The van der Waals surface area contributed by atoms with Crippen LogP contribution in [0.1, 0.15) is 18.1 Å². The molecule has 0 aliphatic rings. The summed E-state index contributed by atoms with van der Waals surface area (Å²) >= 11 is 0. The van der Waals surface area contributed by atoms with Gasteiger partial charge in [0, 0.05) is 5.56 Å². The number of rotatable bonds is 4. The number of halogens is 1. The van der Waals surface area contributed by atoms with Gasteiger partial charge in [0.2, 0.25) is 5.88 Å². The molecule has 2 aromatic rings. The fourth-order valence-corrected chi connectivity index (χ4v) is 1.63. The summed E-state index contributed by atoms with van der Waals surface area (Å²) in [4.78, 5) is 7.92. The van der Waals surface area contributed by atoms with Gasteiger partial charge in [-0.25, -0.2) is 14.4 Å². The molecule has 0 saturated carbocycles. The van der Waals surface area contributed by atoms with Crippen LogP contribution in [0.2, 0.25) is 0 Å². The molecule has 1 aromatic heterocycles. The van der Waals surface area contributed by atoms with Crippen LogP contribution in [0.25, 0.3) is 0 Å². The van der Waals surface area contributed by atoms with Crippen molar-refractivity contribution in [1.29, 1.82) is 0 Å². The van der Waals surface area contributed by atoms with Crippen LogP contribution in [0.4, 0.5) is 10.2 Å². The maximum absolute atomic E-state index is 13.4. The van der Waals surface area contributed by atoms with E-state index < -0.39 is 0 Å². The maximum atomic E-state index is 13.4. The second-order valence-electron chi connectivity index (χ2n) is 3.78. The summed E-state index contributed by atoms with van der Waals surface area (Å²) in [6, 6.07) is 6.47. The molecule has 2 rings (SSSR count). The van der Waals surface area contributed by atoms with Crippen LogP contribution in [-0.4, -0.2) is 9.97 Å². The van der Waals surface area contributed by atoms with Gasteiger partial charge in [-0.05, 0) is 12.5 Å². The molecule has 1 aromatic carbocycles. The van der Waals surface area contributed by atoms with E-state index in [0.29, 0.717) is 23.7 Å². The summed E-state index contributed by atoms with van der Waals surface area (Å²) in [5, 5.41) is 0. The third kappa shape index (κ3) is 2.56. The summed E-state index contributed by atoms with van der Waals surface area (Å²) in [6.45, 7) is 2.06. The van der Waals surface area contributed by atoms with Gasteiger partial charge in [0.1, 0.15) is 24.6 Å². The molecule has 0 aliphatic heterocycles. The number of nitrogens with zero attached hydrogens (tertiary/aromatic N) is 2. The molecule has 0 aliphatic carbocycles. The van der Waals surface area contributed by atoms with Crippen LogP contribution in [-0.2, 0) is 13.0 Å². The zero-order valence-corrected chi connectivity index (χ0v) is 10.1. The Morgan fingerprint density at radius 2 is 2.06 bits per heavy atom. The molecule has 0 fully saturated rings. The summed E-state index contributed by atoms with van der Waals surface area (Å²) in [5.41, 5.74) is 6.95. The van der Waals surface area contributed by atoms with Crippen molar-refractivity contribution < 1.29 is 9.13 Å². The fourth-order valence-electron chi connectivity index (χ4n) is 1.63. The smallest absolute Gasteiger partial charge is 0.222 e. The first-order chi connectivity index (χ1) is 8.72. The van der Waals surface area contributed by atoms with Gasteiger partial charge >= 0.3 is 0 Å². The van der Waals surface area contributed by atoms with Gasteiger partial charge in [-0.15, -0.1) is 0 Å². The van der Waals surface area contributed by atoms with Crippen molar-refractivity contribution in [3.63, 3.8) is 0 Å². The fraction of sp³-hybridized carbons (Fsp3) is 0.231. The predicted molar refractivity (Wildman–Crippen MR) is 66.6 cm³/mol. The quantitative estimate of drug-likeness (QED) is 0.900. The largest absolute Gasteiger partial charge is 0.472 e. The monoisotopic (exact) mass is 247 g/mol. The molecule has 0 bridgehead atoms. The molecule has 1 heterocycles. The average Bonchev–Trinajstić information content (AvgIpc) is 2.38. The number of hydrogen-bond acceptors (Lipinski definition) is 4. The molecular weight excluding hydrogens is 233 g/mol. The Bertz CT molecular complexity index is 546. The Labute approximate surface area is 105 Å². The standard InChI is InChI=1S/C13H14FN3O/c1-2-10-12(15)16-8-17-13(10)18-7-9-5-3-4-6-11(9)14/h3-6,8H,2,7H2,1H3,(H2,15,16,17). The lowest BCUT2D eigenvalue weighted by Crippen LogP contribution is -2.05. The minimum absolute atomic E-state index is 0.121. The van der Waals surface area contributed by atoms with Crippen LogP contribution in [0, 0.1) is 5.82 Å². The first kappa shape index (κ1) is 12.3. The normalized spacial score (nSPS) is 10.3. The molecule has 94 valence electrons. The van der Waals surface area contributed by atoms with E-state index >= 15 is 0 Å². The lowest BCUT2D eigenvalue weighted by molar-refractivity contribution is 0.284. The Hall–Kier alpha value is -2.17. The number of hydrogen-bond donors (Lipinski definition) is 1. The zero-order chi connectivity index (χ0) is 13.0. The van der Waals surface area contributed by atoms with Crippen LogP contribution in [0.3, 0.4) is 0 Å². The minimum atomic E-state index is -0.294. The summed E-state index contributed by atoms with van der Waals surface area (Å²) in [6.07, 6.45) is 2.00. The Kier molecular flexibility index (Phi) is 3.72. The van der Waals surface area contributed by atoms with Gasteiger partial charge < -0.3 is 10.5 Å². The third-order valence-corrected chi connectivity index (χ3v) is 2.61. The second kappa shape index (κ2) is 5.44. The van der Waals surface area contributed by atoms with Crippen molar-refractivity contribution >= 4 is 5.82 Å². The molecular formula is C13H14FN3O. The van der Waals surface area contributed by atoms with Crippen LogP contribution in [0.5, 0.6) is 5.88 Å². The predicted octanol–water partition coefficient (Wildman–Crippen LogP) is 2.34. The second-order valence-corrected chi connectivity index (χ2v) is 3.78. The Morgan fingerprint density at radius 3 is 2.78 bits per heavy atom. The van der Waals surface area contributed by atoms with E-state index in [2.05, 4.69) is 9.97 Å². The molecule has 0 amide bonds. The van der Waals surface area contributed by atoms with Crippen LogP contribution < -0.4 is 10.5 Å². The van der Waals surface area contributed by atoms with E-state index in [-0.39, 0.29) is 12.4 Å². The van der Waals surface area contributed by atoms with Crippen molar-refractivity contribution in [1.82, 2.24) is 9.97 Å². The Morgan fingerprint density at radius 1 is 1.28 bits per heavy atom. The van der Waals surface area contributed by atoms with E-state index in [9.17, 15) is 4.39 Å². The number of ether oxygens (including phenoxy) is 1. The molecule has 18 heavy (non-hydrogen) atoms. The van der Waals surface area contributed by atoms with E-state index in [4.69, 9.17) is 10.5 Å². The summed E-state index contributed by atoms with van der Waals surface area (Å²) in [7, 11) is 0. The molecule has 2 N–H and O–H groups in total. The highest BCUT2D eigenvalue weighted by molar-refractivity contribution is 5.44. The summed E-state index contributed by atoms with van der Waals surface area (Å²) < 4.78 is 18.9. The number of nitrogens with two attached hydrogens (primary N) is 1. The van der Waals surface area contributed by atoms with Gasteiger partial charge in [-0.1, -0.05) is 25.1 Å². The molecule has 0 radical (unpaired) electrons. The van der Waals surface area contributed by atoms with E-state index in [1.54, 1.807) is 18.2 Å². The lowest BCUT2D eigenvalue weighted by atomic mass is 10.2. The molecule has 0 spiro atoms. The Balaban J connectivity index is 2.16. The molecule has 0 saturated heterocycles. The summed E-state index contributed by atoms with van der Waals surface area (Å²) in [5.74, 6) is 0.516. The van der Waals surface area contributed by atoms with Crippen molar-refractivity contribution in [3.8, 4) is 5.88 Å². The third-order valence-electron chi connectivity index (χ3n) is 2.61. The van der Waals surface area contributed by atoms with Gasteiger partial charge in [0.15, 0.2) is 0 Å². The molecule has 0 unspecified atom stereocenters. The van der Waals surface area contributed by atoms with Crippen LogP contribution >= 0.6 is 0 Å². The molecule has 5 heteroatoms. The zero-order valence-electron chi connectivity index (χ0n) is 10.1. The first-order valence-corrected chi connectivity index (χ1v) is 5.68. The van der Waals surface area contributed by atoms with Gasteiger partial charge in [0.25, 0.3) is 0 Å². The van der Waals surface area contributed by atoms with Crippen molar-refractivity contribution in [2.24, 2.45) is 0 Å². The van der Waals surface area contributed by atoms with Gasteiger partial charge in [-0.2, -0.15) is 0 Å². The van der Waals surface area contributed by atoms with E-state index in [0.717, 1.165) is 5.56 Å². The van der Waals surface area contributed by atoms with Crippen molar-refractivity contribution in [2.45, 2.75) is 20.0 Å².